The van der Waals surface area contributed by atoms with Gasteiger partial charge in [0.1, 0.15) is 0 Å². The molecule has 0 unspecified atom stereocenters. The summed E-state index contributed by atoms with van der Waals surface area (Å²) in [6.45, 7) is 1.39. The highest BCUT2D eigenvalue weighted by Gasteiger charge is 2.62. The van der Waals surface area contributed by atoms with Crippen molar-refractivity contribution in [3.8, 4) is 0 Å². The van der Waals surface area contributed by atoms with Gasteiger partial charge < -0.3 is 5.11 Å². The van der Waals surface area contributed by atoms with E-state index < -0.39 is 23.2 Å². The number of rotatable bonds is 5. The minimum atomic E-state index is -3.82. The smallest absolute Gasteiger partial charge is 0.335 e. The summed E-state index contributed by atoms with van der Waals surface area (Å²) in [6, 6.07) is 5.43. The second-order valence-corrected chi connectivity index (χ2v) is 8.73. The van der Waals surface area contributed by atoms with Crippen LogP contribution in [0.1, 0.15) is 67.5 Å². The number of aliphatic hydroxyl groups is 1. The lowest BCUT2D eigenvalue weighted by Gasteiger charge is -2.56. The second-order valence-electron chi connectivity index (χ2n) is 8.73. The Bertz CT molecular complexity index is 703. The minimum Gasteiger partial charge on any atom is -0.382 e. The number of carbonyl (C=O) groups is 2. The SMILES string of the molecule is CC(=O)c1ccc([C@H](O)C(F)(F)C(=O)C23CC4CC(CC(C4)C2)C3)cc1. The number of Topliss-reactive ketones (excluding diaryl/α,β-unsaturated/α-hetero) is 2. The van der Waals surface area contributed by atoms with Crippen LogP contribution in [-0.2, 0) is 4.79 Å². The quantitative estimate of drug-likeness (QED) is 0.793. The molecule has 1 atom stereocenters. The molecule has 26 heavy (non-hydrogen) atoms. The molecule has 4 aliphatic carbocycles. The molecular weight excluding hydrogens is 338 g/mol. The van der Waals surface area contributed by atoms with Crippen molar-refractivity contribution >= 4 is 11.6 Å². The molecule has 0 heterocycles. The topological polar surface area (TPSA) is 54.4 Å². The molecule has 0 aliphatic heterocycles. The minimum absolute atomic E-state index is 0.0296. The number of hydrogen-bond acceptors (Lipinski definition) is 3. The molecule has 4 aliphatic rings. The Morgan fingerprint density at radius 1 is 1.04 bits per heavy atom. The van der Waals surface area contributed by atoms with Crippen LogP contribution in [0.2, 0.25) is 0 Å². The predicted octanol–water partition coefficient (Wildman–Crippen LogP) is 4.34. The number of benzene rings is 1. The molecule has 4 fully saturated rings. The Morgan fingerprint density at radius 2 is 1.50 bits per heavy atom. The monoisotopic (exact) mass is 362 g/mol. The third-order valence-corrected chi connectivity index (χ3v) is 6.80. The average Bonchev–Trinajstić information content (AvgIpc) is 2.59. The Morgan fingerprint density at radius 3 is 1.92 bits per heavy atom. The molecule has 4 bridgehead atoms. The van der Waals surface area contributed by atoms with Crippen molar-refractivity contribution in [3.63, 3.8) is 0 Å². The van der Waals surface area contributed by atoms with Crippen LogP contribution in [0, 0.1) is 23.2 Å². The molecule has 1 aromatic carbocycles. The van der Waals surface area contributed by atoms with Gasteiger partial charge in [-0.1, -0.05) is 24.3 Å². The summed E-state index contributed by atoms with van der Waals surface area (Å²) >= 11 is 0. The molecule has 140 valence electrons. The molecule has 5 rings (SSSR count). The van der Waals surface area contributed by atoms with Crippen LogP contribution in [0.4, 0.5) is 8.78 Å². The molecular formula is C21H24F2O3. The van der Waals surface area contributed by atoms with E-state index in [0.29, 0.717) is 42.6 Å². The van der Waals surface area contributed by atoms with Gasteiger partial charge in [0.25, 0.3) is 0 Å². The van der Waals surface area contributed by atoms with E-state index in [-0.39, 0.29) is 11.3 Å². The highest BCUT2D eigenvalue weighted by Crippen LogP contribution is 2.62. The molecule has 0 saturated heterocycles. The summed E-state index contributed by atoms with van der Waals surface area (Å²) in [5.74, 6) is -3.92. The molecule has 5 heteroatoms. The van der Waals surface area contributed by atoms with Gasteiger partial charge in [-0.2, -0.15) is 8.78 Å². The number of aliphatic hydroxyl groups excluding tert-OH is 1. The van der Waals surface area contributed by atoms with E-state index in [4.69, 9.17) is 0 Å². The molecule has 0 spiro atoms. The van der Waals surface area contributed by atoms with E-state index in [9.17, 15) is 23.5 Å². The maximum absolute atomic E-state index is 15.0. The van der Waals surface area contributed by atoms with Crippen LogP contribution >= 0.6 is 0 Å². The van der Waals surface area contributed by atoms with Gasteiger partial charge in [-0.25, -0.2) is 0 Å². The molecule has 0 aromatic heterocycles. The van der Waals surface area contributed by atoms with E-state index in [0.717, 1.165) is 19.3 Å². The fourth-order valence-corrected chi connectivity index (χ4v) is 5.98. The summed E-state index contributed by atoms with van der Waals surface area (Å²) in [4.78, 5) is 24.3. The predicted molar refractivity (Wildman–Crippen MR) is 92.0 cm³/mol. The summed E-state index contributed by atoms with van der Waals surface area (Å²) in [7, 11) is 0. The van der Waals surface area contributed by atoms with Crippen LogP contribution in [-0.4, -0.2) is 22.6 Å². The first-order chi connectivity index (χ1) is 12.2. The number of ketones is 2. The highest BCUT2D eigenvalue weighted by atomic mass is 19.3. The van der Waals surface area contributed by atoms with Gasteiger partial charge in [-0.15, -0.1) is 0 Å². The number of halogens is 2. The molecule has 3 nitrogen and oxygen atoms in total. The Kier molecular flexibility index (Phi) is 4.07. The van der Waals surface area contributed by atoms with Gasteiger partial charge in [0.2, 0.25) is 5.78 Å². The van der Waals surface area contributed by atoms with E-state index in [1.165, 1.54) is 31.2 Å². The van der Waals surface area contributed by atoms with Crippen molar-refractivity contribution in [2.75, 3.05) is 0 Å². The maximum atomic E-state index is 15.0. The lowest BCUT2D eigenvalue weighted by Crippen LogP contribution is -2.55. The van der Waals surface area contributed by atoms with Crippen molar-refractivity contribution in [1.82, 2.24) is 0 Å². The first-order valence-corrected chi connectivity index (χ1v) is 9.43. The van der Waals surface area contributed by atoms with Crippen LogP contribution < -0.4 is 0 Å². The molecule has 4 saturated carbocycles. The van der Waals surface area contributed by atoms with E-state index in [2.05, 4.69) is 0 Å². The van der Waals surface area contributed by atoms with Crippen molar-refractivity contribution in [2.24, 2.45) is 23.2 Å². The van der Waals surface area contributed by atoms with Gasteiger partial charge in [0, 0.05) is 11.0 Å². The second kappa shape index (κ2) is 5.95. The van der Waals surface area contributed by atoms with Crippen molar-refractivity contribution < 1.29 is 23.5 Å². The van der Waals surface area contributed by atoms with Crippen molar-refractivity contribution in [1.29, 1.82) is 0 Å². The molecule has 0 amide bonds. The van der Waals surface area contributed by atoms with Gasteiger partial charge in [-0.05, 0) is 68.8 Å². The standard InChI is InChI=1S/C21H24F2O3/c1-12(24)16-2-4-17(5-3-16)18(25)21(22,23)19(26)20-9-13-6-14(10-20)8-15(7-13)11-20/h2-5,13-15,18,25H,6-11H2,1H3/t13?,14?,15?,18-,20?/m0/s1. The summed E-state index contributed by atoms with van der Waals surface area (Å²) < 4.78 is 30.0. The largest absolute Gasteiger partial charge is 0.382 e. The van der Waals surface area contributed by atoms with E-state index >= 15 is 0 Å². The fraction of sp³-hybridized carbons (Fsp3) is 0.619. The Hall–Kier alpha value is -1.62. The van der Waals surface area contributed by atoms with Crippen LogP contribution in [0.5, 0.6) is 0 Å². The Labute approximate surface area is 151 Å². The zero-order valence-corrected chi connectivity index (χ0v) is 14.9. The first kappa shape index (κ1) is 17.8. The van der Waals surface area contributed by atoms with Crippen molar-refractivity contribution in [3.05, 3.63) is 35.4 Å². The average molecular weight is 362 g/mol. The number of alkyl halides is 2. The maximum Gasteiger partial charge on any atom is 0.335 e. The summed E-state index contributed by atoms with van der Waals surface area (Å²) in [6.07, 6.45) is 2.65. The van der Waals surface area contributed by atoms with Gasteiger partial charge in [0.05, 0.1) is 0 Å². The fourth-order valence-electron chi connectivity index (χ4n) is 5.98. The van der Waals surface area contributed by atoms with Gasteiger partial charge in [0.15, 0.2) is 11.9 Å². The van der Waals surface area contributed by atoms with E-state index in [1.807, 2.05) is 0 Å². The van der Waals surface area contributed by atoms with Gasteiger partial charge in [-0.3, -0.25) is 9.59 Å². The first-order valence-electron chi connectivity index (χ1n) is 9.43. The summed E-state index contributed by atoms with van der Waals surface area (Å²) in [5.41, 5.74) is -0.604. The number of hydrogen-bond donors (Lipinski definition) is 1. The third-order valence-electron chi connectivity index (χ3n) is 6.80. The number of carbonyl (C=O) groups excluding carboxylic acids is 2. The lowest BCUT2D eigenvalue weighted by molar-refractivity contribution is -0.185. The molecule has 0 radical (unpaired) electrons. The third kappa shape index (κ3) is 2.72. The van der Waals surface area contributed by atoms with Crippen LogP contribution in [0.15, 0.2) is 24.3 Å². The van der Waals surface area contributed by atoms with Crippen LogP contribution in [0.25, 0.3) is 0 Å². The van der Waals surface area contributed by atoms with Crippen LogP contribution in [0.3, 0.4) is 0 Å². The highest BCUT2D eigenvalue weighted by molar-refractivity contribution is 5.94. The van der Waals surface area contributed by atoms with E-state index in [1.54, 1.807) is 0 Å². The summed E-state index contributed by atoms with van der Waals surface area (Å²) in [5, 5.41) is 10.3. The molecule has 1 aromatic rings. The van der Waals surface area contributed by atoms with Gasteiger partial charge >= 0.3 is 5.92 Å². The normalized spacial score (nSPS) is 33.9. The van der Waals surface area contributed by atoms with Crippen molar-refractivity contribution in [2.45, 2.75) is 57.5 Å². The molecule has 1 N–H and O–H groups in total. The lowest BCUT2D eigenvalue weighted by atomic mass is 9.48. The zero-order chi connectivity index (χ0) is 18.7. The Balaban J connectivity index is 1.59. The zero-order valence-electron chi connectivity index (χ0n) is 14.9.